The number of esters is 2. The van der Waals surface area contributed by atoms with Crippen molar-refractivity contribution in [3.05, 3.63) is 97.5 Å². The number of halogens is 2. The summed E-state index contributed by atoms with van der Waals surface area (Å²) >= 11 is 12.2. The highest BCUT2D eigenvalue weighted by atomic mass is 35.5. The van der Waals surface area contributed by atoms with E-state index in [1.165, 1.54) is 54.2 Å². The first-order valence-electron chi connectivity index (χ1n) is 14.0. The smallest absolute Gasteiger partial charge is 0.347 e. The maximum absolute atomic E-state index is 12.7. The maximum atomic E-state index is 12.7. The highest BCUT2D eigenvalue weighted by molar-refractivity contribution is 6.39. The highest BCUT2D eigenvalue weighted by Crippen LogP contribution is 2.52. The van der Waals surface area contributed by atoms with E-state index in [0.717, 1.165) is 5.56 Å². The Kier molecular flexibility index (Phi) is 10.8. The van der Waals surface area contributed by atoms with Gasteiger partial charge in [0.2, 0.25) is 0 Å². The molecule has 0 amide bonds. The van der Waals surface area contributed by atoms with Crippen LogP contribution in [0.15, 0.2) is 48.5 Å². The molecule has 0 atom stereocenters. The Balaban J connectivity index is 0.000000224. The van der Waals surface area contributed by atoms with Gasteiger partial charge in [-0.2, -0.15) is 0 Å². The Bertz CT molecular complexity index is 1970. The molecule has 0 fully saturated rings. The van der Waals surface area contributed by atoms with Crippen LogP contribution in [0, 0.1) is 20.8 Å². The van der Waals surface area contributed by atoms with Crippen molar-refractivity contribution in [1.29, 1.82) is 0 Å². The summed E-state index contributed by atoms with van der Waals surface area (Å²) in [5.41, 5.74) is 1.28. The molecule has 0 saturated heterocycles. The van der Waals surface area contributed by atoms with Crippen LogP contribution in [0.3, 0.4) is 0 Å². The third-order valence-corrected chi connectivity index (χ3v) is 8.19. The number of allylic oxidation sites excluding steroid dienone is 1. The number of ketones is 1. The summed E-state index contributed by atoms with van der Waals surface area (Å²) in [7, 11) is 4.08. The van der Waals surface area contributed by atoms with Gasteiger partial charge in [0.1, 0.15) is 44.7 Å². The lowest BCUT2D eigenvalue weighted by Gasteiger charge is -2.17. The standard InChI is InChI=1S/C18H14Cl2O7.C17H16O4/c1-5-9-16(11(20)13(22)10(5)19)26-14-6(2)8(17(23)25-4)12(21)7(3)15(14)27-18(9)24;1-20-13-10-15(19)17(16(11-13)21-2)14(18)9-8-12-6-4-3-5-7-12/h21-22H,1-4H3;3-11,19H,1-2H3. The number of rotatable bonds is 6. The number of ether oxygens (including phenoxy) is 5. The number of phenols is 3. The fourth-order valence-corrected chi connectivity index (χ4v) is 5.27. The number of benzene rings is 4. The molecular weight excluding hydrogens is 667 g/mol. The molecule has 250 valence electrons. The summed E-state index contributed by atoms with van der Waals surface area (Å²) in [5.74, 6) is -2.55. The SMILES string of the molecule is COC(=O)c1c(C)c2c(c(C)c1O)OC(=O)c1c(C)c(Cl)c(O)c(Cl)c1O2.COc1cc(O)c(C(=O)C=Cc2ccccc2)c(OC)c1. The van der Waals surface area contributed by atoms with Gasteiger partial charge in [0.25, 0.3) is 0 Å². The van der Waals surface area contributed by atoms with Crippen molar-refractivity contribution in [2.75, 3.05) is 21.3 Å². The summed E-state index contributed by atoms with van der Waals surface area (Å²) in [6, 6.07) is 12.4. The summed E-state index contributed by atoms with van der Waals surface area (Å²) in [5, 5.41) is 30.1. The summed E-state index contributed by atoms with van der Waals surface area (Å²) in [6.07, 6.45) is 3.09. The molecule has 11 nitrogen and oxygen atoms in total. The molecule has 4 aromatic rings. The molecule has 0 aromatic heterocycles. The number of carbonyl (C=O) groups is 3. The molecule has 13 heteroatoms. The van der Waals surface area contributed by atoms with Crippen LogP contribution in [0.1, 0.15) is 53.3 Å². The summed E-state index contributed by atoms with van der Waals surface area (Å²) in [4.78, 5) is 37.0. The highest BCUT2D eigenvalue weighted by Gasteiger charge is 2.35. The number of methoxy groups -OCH3 is 3. The normalized spacial score (nSPS) is 11.6. The van der Waals surface area contributed by atoms with Crippen LogP contribution < -0.4 is 18.9 Å². The third kappa shape index (κ3) is 6.69. The lowest BCUT2D eigenvalue weighted by molar-refractivity contribution is 0.0595. The van der Waals surface area contributed by atoms with Crippen molar-refractivity contribution in [1.82, 2.24) is 0 Å². The Labute approximate surface area is 285 Å². The molecule has 48 heavy (non-hydrogen) atoms. The fourth-order valence-electron chi connectivity index (χ4n) is 4.81. The predicted octanol–water partition coefficient (Wildman–Crippen LogP) is 7.75. The van der Waals surface area contributed by atoms with Gasteiger partial charge in [-0.3, -0.25) is 4.79 Å². The lowest BCUT2D eigenvalue weighted by Crippen LogP contribution is -2.11. The van der Waals surface area contributed by atoms with E-state index in [-0.39, 0.29) is 78.0 Å². The van der Waals surface area contributed by atoms with E-state index in [4.69, 9.17) is 46.9 Å². The number of aromatic hydroxyl groups is 3. The van der Waals surface area contributed by atoms with E-state index in [0.29, 0.717) is 5.75 Å². The van der Waals surface area contributed by atoms with Gasteiger partial charge >= 0.3 is 11.9 Å². The van der Waals surface area contributed by atoms with Gasteiger partial charge in [-0.25, -0.2) is 9.59 Å². The van der Waals surface area contributed by atoms with Crippen LogP contribution in [0.25, 0.3) is 6.08 Å². The number of phenolic OH excluding ortho intramolecular Hbond substituents is 3. The molecule has 0 aliphatic carbocycles. The summed E-state index contributed by atoms with van der Waals surface area (Å²) < 4.78 is 26.1. The van der Waals surface area contributed by atoms with Crippen molar-refractivity contribution in [3.8, 4) is 46.0 Å². The Hall–Kier alpha value is -5.39. The number of fused-ring (bicyclic) bond motifs is 2. The minimum absolute atomic E-state index is 0.0131. The van der Waals surface area contributed by atoms with Gasteiger partial charge in [0, 0.05) is 23.3 Å². The van der Waals surface area contributed by atoms with E-state index in [1.807, 2.05) is 30.3 Å². The first-order valence-corrected chi connectivity index (χ1v) is 14.8. The molecule has 4 aromatic carbocycles. The first-order chi connectivity index (χ1) is 22.8. The second-order valence-electron chi connectivity index (χ2n) is 10.3. The molecule has 5 rings (SSSR count). The van der Waals surface area contributed by atoms with E-state index < -0.39 is 23.4 Å². The van der Waals surface area contributed by atoms with Crippen molar-refractivity contribution >= 4 is 47.0 Å². The molecule has 0 radical (unpaired) electrons. The topological polar surface area (TPSA) is 158 Å². The zero-order valence-electron chi connectivity index (χ0n) is 26.6. The predicted molar refractivity (Wildman–Crippen MR) is 178 cm³/mol. The average molecular weight is 698 g/mol. The van der Waals surface area contributed by atoms with Crippen molar-refractivity contribution in [2.24, 2.45) is 0 Å². The Morgan fingerprint density at radius 3 is 2.02 bits per heavy atom. The summed E-state index contributed by atoms with van der Waals surface area (Å²) in [6.45, 7) is 4.43. The van der Waals surface area contributed by atoms with Gasteiger partial charge in [-0.1, -0.05) is 59.6 Å². The van der Waals surface area contributed by atoms with Crippen LogP contribution >= 0.6 is 23.2 Å². The first kappa shape index (κ1) is 35.5. The molecule has 0 spiro atoms. The van der Waals surface area contributed by atoms with Crippen LogP contribution in [0.5, 0.6) is 46.0 Å². The van der Waals surface area contributed by atoms with E-state index in [9.17, 15) is 29.7 Å². The van der Waals surface area contributed by atoms with Crippen molar-refractivity contribution in [2.45, 2.75) is 20.8 Å². The van der Waals surface area contributed by atoms with Crippen LogP contribution in [-0.2, 0) is 4.74 Å². The second-order valence-corrected chi connectivity index (χ2v) is 11.0. The van der Waals surface area contributed by atoms with Gasteiger partial charge in [0.15, 0.2) is 28.8 Å². The Morgan fingerprint density at radius 2 is 1.42 bits per heavy atom. The van der Waals surface area contributed by atoms with Crippen molar-refractivity contribution < 1.29 is 53.4 Å². The number of hydrogen-bond donors (Lipinski definition) is 3. The average Bonchev–Trinajstić information content (AvgIpc) is 3.24. The molecule has 1 heterocycles. The maximum Gasteiger partial charge on any atom is 0.347 e. The third-order valence-electron chi connectivity index (χ3n) is 7.38. The van der Waals surface area contributed by atoms with E-state index >= 15 is 0 Å². The molecule has 0 saturated carbocycles. The van der Waals surface area contributed by atoms with E-state index in [1.54, 1.807) is 12.1 Å². The van der Waals surface area contributed by atoms with Gasteiger partial charge in [0.05, 0.1) is 26.4 Å². The quantitative estimate of drug-likeness (QED) is 0.0783. The van der Waals surface area contributed by atoms with Gasteiger partial charge < -0.3 is 39.0 Å². The largest absolute Gasteiger partial charge is 0.507 e. The lowest BCUT2D eigenvalue weighted by atomic mass is 10.0. The van der Waals surface area contributed by atoms with Crippen LogP contribution in [0.2, 0.25) is 10.0 Å². The molecule has 1 aliphatic rings. The molecule has 0 unspecified atom stereocenters. The van der Waals surface area contributed by atoms with E-state index in [2.05, 4.69) is 0 Å². The zero-order valence-corrected chi connectivity index (χ0v) is 28.1. The van der Waals surface area contributed by atoms with Gasteiger partial charge in [-0.05, 0) is 38.0 Å². The minimum Gasteiger partial charge on any atom is -0.507 e. The van der Waals surface area contributed by atoms with Crippen LogP contribution in [0.4, 0.5) is 0 Å². The molecule has 3 N–H and O–H groups in total. The monoisotopic (exact) mass is 696 g/mol. The van der Waals surface area contributed by atoms with Crippen LogP contribution in [-0.4, -0.2) is 54.4 Å². The second kappa shape index (κ2) is 14.6. The van der Waals surface area contributed by atoms with Gasteiger partial charge in [-0.15, -0.1) is 0 Å². The fraction of sp³-hybridized carbons (Fsp3) is 0.171. The molecule has 1 aliphatic heterocycles. The zero-order chi connectivity index (χ0) is 35.4. The molecule has 0 bridgehead atoms. The van der Waals surface area contributed by atoms with Crippen molar-refractivity contribution in [3.63, 3.8) is 0 Å². The molecular formula is C35H30Cl2O11. The number of carbonyl (C=O) groups excluding carboxylic acids is 3. The Morgan fingerprint density at radius 1 is 0.771 bits per heavy atom. The number of hydrogen-bond acceptors (Lipinski definition) is 11. The minimum atomic E-state index is -0.835.